The van der Waals surface area contributed by atoms with Crippen molar-refractivity contribution in [2.45, 2.75) is 51.6 Å². The molecule has 1 aromatic rings. The second kappa shape index (κ2) is 9.60. The maximum absolute atomic E-state index is 12.6. The van der Waals surface area contributed by atoms with E-state index in [2.05, 4.69) is 10.6 Å². The second-order valence-electron chi connectivity index (χ2n) is 7.25. The monoisotopic (exact) mass is 377 g/mol. The number of amides is 2. The summed E-state index contributed by atoms with van der Waals surface area (Å²) in [5, 5.41) is 5.66. The summed E-state index contributed by atoms with van der Waals surface area (Å²) in [6.07, 6.45) is 3.81. The molecule has 150 valence electrons. The van der Waals surface area contributed by atoms with Gasteiger partial charge in [0.1, 0.15) is 0 Å². The van der Waals surface area contributed by atoms with Gasteiger partial charge in [0.2, 0.25) is 5.91 Å². The Morgan fingerprint density at radius 3 is 2.70 bits per heavy atom. The fourth-order valence-corrected chi connectivity index (χ4v) is 3.43. The van der Waals surface area contributed by atoms with Crippen LogP contribution in [0.5, 0.6) is 11.5 Å². The molecule has 0 radical (unpaired) electrons. The predicted octanol–water partition coefficient (Wildman–Crippen LogP) is 1.73. The summed E-state index contributed by atoms with van der Waals surface area (Å²) < 4.78 is 10.8. The Labute approximate surface area is 161 Å². The molecular weight excluding hydrogens is 346 g/mol. The highest BCUT2D eigenvalue weighted by Gasteiger charge is 2.37. The number of ether oxygens (including phenoxy) is 2. The van der Waals surface area contributed by atoms with Crippen molar-refractivity contribution in [1.29, 1.82) is 0 Å². The molecule has 1 saturated carbocycles. The van der Waals surface area contributed by atoms with Crippen molar-refractivity contribution in [3.63, 3.8) is 0 Å². The number of nitrogens with two attached hydrogens (primary N) is 1. The van der Waals surface area contributed by atoms with Crippen LogP contribution in [0.15, 0.2) is 18.2 Å². The molecule has 4 N–H and O–H groups in total. The molecule has 0 spiro atoms. The fraction of sp³-hybridized carbons (Fsp3) is 0.600. The van der Waals surface area contributed by atoms with E-state index in [9.17, 15) is 9.59 Å². The molecule has 0 aliphatic heterocycles. The lowest BCUT2D eigenvalue weighted by Crippen LogP contribution is -2.52. The standard InChI is InChI=1S/C20H31N3O4/c1-4-22-18(24)13-27-16-9-8-14(11-17(16)26-3)12-23-19(25)15-7-5-6-10-20(15,2)21/h8-9,11,15H,4-7,10,12-13,21H2,1-3H3,(H,22,24)(H,23,25). The van der Waals surface area contributed by atoms with E-state index in [4.69, 9.17) is 15.2 Å². The Morgan fingerprint density at radius 1 is 1.26 bits per heavy atom. The van der Waals surface area contributed by atoms with E-state index in [-0.39, 0.29) is 24.3 Å². The average Bonchev–Trinajstić information content (AvgIpc) is 2.64. The van der Waals surface area contributed by atoms with Crippen LogP contribution in [0.3, 0.4) is 0 Å². The van der Waals surface area contributed by atoms with Gasteiger partial charge in [-0.15, -0.1) is 0 Å². The number of methoxy groups -OCH3 is 1. The third-order valence-corrected chi connectivity index (χ3v) is 5.00. The minimum atomic E-state index is -0.448. The van der Waals surface area contributed by atoms with E-state index >= 15 is 0 Å². The number of carbonyl (C=O) groups excluding carboxylic acids is 2. The Hall–Kier alpha value is -2.28. The minimum Gasteiger partial charge on any atom is -0.493 e. The molecule has 2 rings (SSSR count). The molecule has 0 aromatic heterocycles. The topological polar surface area (TPSA) is 103 Å². The molecule has 7 heteroatoms. The summed E-state index contributed by atoms with van der Waals surface area (Å²) >= 11 is 0. The average molecular weight is 377 g/mol. The van der Waals surface area contributed by atoms with Crippen LogP contribution in [0.25, 0.3) is 0 Å². The lowest BCUT2D eigenvalue weighted by molar-refractivity contribution is -0.128. The normalized spacial score (nSPS) is 22.0. The van der Waals surface area contributed by atoms with Crippen LogP contribution >= 0.6 is 0 Å². The van der Waals surface area contributed by atoms with Crippen molar-refractivity contribution in [2.24, 2.45) is 11.7 Å². The third kappa shape index (κ3) is 5.85. The maximum Gasteiger partial charge on any atom is 0.257 e. The van der Waals surface area contributed by atoms with Crippen molar-refractivity contribution in [3.8, 4) is 11.5 Å². The molecule has 27 heavy (non-hydrogen) atoms. The first-order valence-corrected chi connectivity index (χ1v) is 9.50. The van der Waals surface area contributed by atoms with Gasteiger partial charge >= 0.3 is 0 Å². The van der Waals surface area contributed by atoms with Crippen LogP contribution in [0.2, 0.25) is 0 Å². The molecule has 2 atom stereocenters. The highest BCUT2D eigenvalue weighted by Crippen LogP contribution is 2.32. The molecule has 7 nitrogen and oxygen atoms in total. The largest absolute Gasteiger partial charge is 0.493 e. The Balaban J connectivity index is 1.94. The van der Waals surface area contributed by atoms with Gasteiger partial charge in [-0.25, -0.2) is 0 Å². The molecule has 1 aliphatic carbocycles. The molecule has 2 amide bonds. The van der Waals surface area contributed by atoms with Gasteiger partial charge in [0.15, 0.2) is 18.1 Å². The van der Waals surface area contributed by atoms with E-state index < -0.39 is 5.54 Å². The molecule has 0 bridgehead atoms. The van der Waals surface area contributed by atoms with Crippen molar-refractivity contribution in [2.75, 3.05) is 20.3 Å². The van der Waals surface area contributed by atoms with Crippen molar-refractivity contribution in [1.82, 2.24) is 10.6 Å². The molecule has 1 aliphatic rings. The molecule has 0 heterocycles. The smallest absolute Gasteiger partial charge is 0.257 e. The highest BCUT2D eigenvalue weighted by atomic mass is 16.5. The van der Waals surface area contributed by atoms with Crippen molar-refractivity contribution in [3.05, 3.63) is 23.8 Å². The zero-order valence-corrected chi connectivity index (χ0v) is 16.5. The fourth-order valence-electron chi connectivity index (χ4n) is 3.43. The number of nitrogens with one attached hydrogen (secondary N) is 2. The quantitative estimate of drug-likeness (QED) is 0.640. The molecular formula is C20H31N3O4. The first-order chi connectivity index (χ1) is 12.9. The summed E-state index contributed by atoms with van der Waals surface area (Å²) in [7, 11) is 1.54. The first kappa shape index (κ1) is 21.0. The van der Waals surface area contributed by atoms with Crippen LogP contribution in [0, 0.1) is 5.92 Å². The summed E-state index contributed by atoms with van der Waals surface area (Å²) in [6, 6.07) is 5.39. The summed E-state index contributed by atoms with van der Waals surface area (Å²) in [4.78, 5) is 24.1. The molecule has 1 aromatic carbocycles. The van der Waals surface area contributed by atoms with Gasteiger partial charge in [-0.2, -0.15) is 0 Å². The van der Waals surface area contributed by atoms with Crippen molar-refractivity contribution < 1.29 is 19.1 Å². The molecule has 1 fully saturated rings. The summed E-state index contributed by atoms with van der Waals surface area (Å²) in [5.41, 5.74) is 6.75. The van der Waals surface area contributed by atoms with Crippen LogP contribution < -0.4 is 25.8 Å². The zero-order valence-electron chi connectivity index (χ0n) is 16.5. The Bertz CT molecular complexity index is 661. The highest BCUT2D eigenvalue weighted by molar-refractivity contribution is 5.80. The van der Waals surface area contributed by atoms with E-state index in [1.807, 2.05) is 19.9 Å². The molecule has 0 saturated heterocycles. The van der Waals surface area contributed by atoms with Gasteiger partial charge in [0.25, 0.3) is 5.91 Å². The van der Waals surface area contributed by atoms with Gasteiger partial charge in [-0.1, -0.05) is 18.9 Å². The summed E-state index contributed by atoms with van der Waals surface area (Å²) in [6.45, 7) is 4.68. The van der Waals surface area contributed by atoms with Gasteiger partial charge in [0.05, 0.1) is 13.0 Å². The van der Waals surface area contributed by atoms with Gasteiger partial charge in [-0.05, 0) is 44.4 Å². The van der Waals surface area contributed by atoms with Crippen LogP contribution in [0.1, 0.15) is 45.1 Å². The van der Waals surface area contributed by atoms with E-state index in [1.54, 1.807) is 19.2 Å². The zero-order chi connectivity index (χ0) is 19.9. The van der Waals surface area contributed by atoms with Crippen molar-refractivity contribution >= 4 is 11.8 Å². The van der Waals surface area contributed by atoms with E-state index in [1.165, 1.54) is 0 Å². The molecule has 2 unspecified atom stereocenters. The van der Waals surface area contributed by atoms with Crippen LogP contribution in [-0.4, -0.2) is 37.6 Å². The number of hydrogen-bond acceptors (Lipinski definition) is 5. The second-order valence-corrected chi connectivity index (χ2v) is 7.25. The number of carbonyl (C=O) groups is 2. The Morgan fingerprint density at radius 2 is 2.04 bits per heavy atom. The predicted molar refractivity (Wildman–Crippen MR) is 104 cm³/mol. The number of benzene rings is 1. The number of likely N-dealkylation sites (N-methyl/N-ethyl adjacent to an activating group) is 1. The van der Waals surface area contributed by atoms with E-state index in [0.29, 0.717) is 24.6 Å². The van der Waals surface area contributed by atoms with Gasteiger partial charge < -0.3 is 25.8 Å². The summed E-state index contributed by atoms with van der Waals surface area (Å²) in [5.74, 6) is 0.657. The third-order valence-electron chi connectivity index (χ3n) is 5.00. The number of hydrogen-bond donors (Lipinski definition) is 3. The minimum absolute atomic E-state index is 0.00442. The van der Waals surface area contributed by atoms with Gasteiger partial charge in [-0.3, -0.25) is 9.59 Å². The lowest BCUT2D eigenvalue weighted by atomic mass is 9.74. The van der Waals surface area contributed by atoms with Gasteiger partial charge in [0, 0.05) is 18.6 Å². The SMILES string of the molecule is CCNC(=O)COc1ccc(CNC(=O)C2CCCCC2(C)N)cc1OC. The first-order valence-electron chi connectivity index (χ1n) is 9.50. The number of rotatable bonds is 8. The van der Waals surface area contributed by atoms with Crippen LogP contribution in [0.4, 0.5) is 0 Å². The maximum atomic E-state index is 12.6. The Kier molecular flexibility index (Phi) is 7.47. The van der Waals surface area contributed by atoms with E-state index in [0.717, 1.165) is 31.2 Å². The van der Waals surface area contributed by atoms with Crippen LogP contribution in [-0.2, 0) is 16.1 Å². The lowest BCUT2D eigenvalue weighted by Gasteiger charge is -2.37.